The molecule has 2 N–H and O–H groups in total. The zero-order chi connectivity index (χ0) is 20.6. The fourth-order valence-corrected chi connectivity index (χ4v) is 3.56. The summed E-state index contributed by atoms with van der Waals surface area (Å²) in [6.45, 7) is 6.55. The maximum Gasteiger partial charge on any atom is 0.249 e. The van der Waals surface area contributed by atoms with Crippen molar-refractivity contribution in [2.75, 3.05) is 12.4 Å². The van der Waals surface area contributed by atoms with Gasteiger partial charge in [-0.05, 0) is 41.5 Å². The molecule has 1 heterocycles. The van der Waals surface area contributed by atoms with Gasteiger partial charge in [0.15, 0.2) is 5.82 Å². The molecule has 0 atom stereocenters. The van der Waals surface area contributed by atoms with Gasteiger partial charge in [-0.1, -0.05) is 57.2 Å². The molecule has 150 valence electrons. The van der Waals surface area contributed by atoms with Crippen LogP contribution in [0.5, 0.6) is 5.75 Å². The zero-order valence-corrected chi connectivity index (χ0v) is 17.2. The predicted molar refractivity (Wildman–Crippen MR) is 113 cm³/mol. The second kappa shape index (κ2) is 7.03. The quantitative estimate of drug-likeness (QED) is 0.675. The van der Waals surface area contributed by atoms with E-state index in [9.17, 15) is 4.79 Å². The number of benzene rings is 2. The van der Waals surface area contributed by atoms with Crippen molar-refractivity contribution < 1.29 is 9.53 Å². The monoisotopic (exact) mass is 390 g/mol. The first-order valence-corrected chi connectivity index (χ1v) is 9.82. The molecule has 1 aliphatic rings. The number of hydrogen-bond donors (Lipinski definition) is 2. The normalized spacial score (nSPS) is 15.0. The molecule has 1 fully saturated rings. The van der Waals surface area contributed by atoms with E-state index < -0.39 is 5.41 Å². The number of amides is 1. The largest absolute Gasteiger partial charge is 0.496 e. The lowest BCUT2D eigenvalue weighted by Crippen LogP contribution is -2.28. The molecule has 4 rings (SSSR count). The molecule has 0 saturated heterocycles. The molecule has 6 heteroatoms. The van der Waals surface area contributed by atoms with Gasteiger partial charge >= 0.3 is 0 Å². The molecule has 29 heavy (non-hydrogen) atoms. The molecule has 1 amide bonds. The van der Waals surface area contributed by atoms with Crippen molar-refractivity contribution in [1.82, 2.24) is 15.2 Å². The van der Waals surface area contributed by atoms with E-state index in [1.165, 1.54) is 5.56 Å². The van der Waals surface area contributed by atoms with Crippen LogP contribution in [0, 0.1) is 0 Å². The molecule has 0 unspecified atom stereocenters. The molecule has 0 aliphatic heterocycles. The Kier molecular flexibility index (Phi) is 4.65. The van der Waals surface area contributed by atoms with Crippen LogP contribution in [0.3, 0.4) is 0 Å². The van der Waals surface area contributed by atoms with Crippen LogP contribution in [0.15, 0.2) is 48.5 Å². The van der Waals surface area contributed by atoms with E-state index in [-0.39, 0.29) is 17.3 Å². The summed E-state index contributed by atoms with van der Waals surface area (Å²) in [5.41, 5.74) is 2.70. The van der Waals surface area contributed by atoms with Gasteiger partial charge < -0.3 is 4.74 Å². The minimum atomic E-state index is -0.484. The third-order valence-electron chi connectivity index (χ3n) is 5.56. The second-order valence-corrected chi connectivity index (χ2v) is 8.57. The highest BCUT2D eigenvalue weighted by molar-refractivity contribution is 6.00. The number of carbonyl (C=O) groups is 1. The Morgan fingerprint density at radius 1 is 1.10 bits per heavy atom. The van der Waals surface area contributed by atoms with Crippen molar-refractivity contribution in [2.45, 2.75) is 44.4 Å². The summed E-state index contributed by atoms with van der Waals surface area (Å²) in [7, 11) is 1.61. The van der Waals surface area contributed by atoms with Crippen molar-refractivity contribution in [3.8, 4) is 17.1 Å². The number of aromatic nitrogens is 3. The number of rotatable bonds is 5. The lowest BCUT2D eigenvalue weighted by atomic mass is 9.85. The SMILES string of the molecule is COc1ccccc1-c1nc(NC(=O)C2(c3ccc(C(C)(C)C)cc3)CC2)n[nH]1. The highest BCUT2D eigenvalue weighted by atomic mass is 16.5. The average Bonchev–Trinajstić information content (AvgIpc) is 3.41. The van der Waals surface area contributed by atoms with Crippen molar-refractivity contribution in [3.63, 3.8) is 0 Å². The fourth-order valence-electron chi connectivity index (χ4n) is 3.56. The number of methoxy groups -OCH3 is 1. The molecule has 1 saturated carbocycles. The number of aromatic amines is 1. The van der Waals surface area contributed by atoms with Crippen LogP contribution in [0.1, 0.15) is 44.7 Å². The number of H-pyrrole nitrogens is 1. The molecular formula is C23H26N4O2. The van der Waals surface area contributed by atoms with E-state index in [2.05, 4.69) is 65.5 Å². The summed E-state index contributed by atoms with van der Waals surface area (Å²) in [4.78, 5) is 17.4. The third-order valence-corrected chi connectivity index (χ3v) is 5.56. The Morgan fingerprint density at radius 3 is 2.41 bits per heavy atom. The van der Waals surface area contributed by atoms with E-state index in [1.54, 1.807) is 7.11 Å². The molecule has 0 radical (unpaired) electrons. The minimum absolute atomic E-state index is 0.0633. The Morgan fingerprint density at radius 2 is 1.79 bits per heavy atom. The third kappa shape index (κ3) is 3.62. The van der Waals surface area contributed by atoms with Crippen molar-refractivity contribution in [1.29, 1.82) is 0 Å². The Hall–Kier alpha value is -3.15. The van der Waals surface area contributed by atoms with Crippen molar-refractivity contribution in [2.24, 2.45) is 0 Å². The van der Waals surface area contributed by atoms with Gasteiger partial charge in [-0.2, -0.15) is 4.98 Å². The molecule has 6 nitrogen and oxygen atoms in total. The summed E-state index contributed by atoms with van der Waals surface area (Å²) in [6, 6.07) is 15.9. The lowest BCUT2D eigenvalue weighted by molar-refractivity contribution is -0.118. The predicted octanol–water partition coefficient (Wildman–Crippen LogP) is 4.45. The Bertz CT molecular complexity index is 1030. The van der Waals surface area contributed by atoms with E-state index in [1.807, 2.05) is 24.3 Å². The highest BCUT2D eigenvalue weighted by Gasteiger charge is 2.51. The van der Waals surface area contributed by atoms with Gasteiger partial charge in [0.1, 0.15) is 5.75 Å². The summed E-state index contributed by atoms with van der Waals surface area (Å²) in [5.74, 6) is 1.45. The van der Waals surface area contributed by atoms with Gasteiger partial charge in [-0.3, -0.25) is 15.2 Å². The number of para-hydroxylation sites is 1. The maximum absolute atomic E-state index is 13.0. The summed E-state index contributed by atoms with van der Waals surface area (Å²) < 4.78 is 5.37. The average molecular weight is 390 g/mol. The Labute approximate surface area is 170 Å². The van der Waals surface area contributed by atoms with Gasteiger partial charge in [0, 0.05) is 0 Å². The summed E-state index contributed by atoms with van der Waals surface area (Å²) in [5, 5.41) is 9.93. The van der Waals surface area contributed by atoms with Gasteiger partial charge in [0.25, 0.3) is 0 Å². The number of hydrogen-bond acceptors (Lipinski definition) is 4. The van der Waals surface area contributed by atoms with E-state index >= 15 is 0 Å². The van der Waals surface area contributed by atoms with Gasteiger partial charge in [-0.15, -0.1) is 5.10 Å². The Balaban J connectivity index is 1.52. The number of anilines is 1. The minimum Gasteiger partial charge on any atom is -0.496 e. The first kappa shape index (κ1) is 19.2. The first-order valence-electron chi connectivity index (χ1n) is 9.82. The topological polar surface area (TPSA) is 79.9 Å². The molecule has 1 aliphatic carbocycles. The molecule has 3 aromatic rings. The van der Waals surface area contributed by atoms with Crippen molar-refractivity contribution >= 4 is 11.9 Å². The lowest BCUT2D eigenvalue weighted by Gasteiger charge is -2.21. The molecule has 2 aromatic carbocycles. The number of ether oxygens (including phenoxy) is 1. The van der Waals surface area contributed by atoms with Gasteiger partial charge in [0.2, 0.25) is 11.9 Å². The van der Waals surface area contributed by atoms with Crippen LogP contribution in [-0.2, 0) is 15.6 Å². The number of carbonyl (C=O) groups excluding carboxylic acids is 1. The van der Waals surface area contributed by atoms with Gasteiger partial charge in [0.05, 0.1) is 18.1 Å². The highest BCUT2D eigenvalue weighted by Crippen LogP contribution is 2.49. The standard InChI is InChI=1S/C23H26N4O2/c1-22(2,3)15-9-11-16(12-10-15)23(13-14-23)20(28)25-21-24-19(26-27-21)17-7-5-6-8-18(17)29-4/h5-12H,13-14H2,1-4H3,(H2,24,25,26,27,28). The number of nitrogens with one attached hydrogen (secondary N) is 2. The van der Waals surface area contributed by atoms with E-state index in [0.29, 0.717) is 11.6 Å². The van der Waals surface area contributed by atoms with Crippen LogP contribution in [0.2, 0.25) is 0 Å². The maximum atomic E-state index is 13.0. The van der Waals surface area contributed by atoms with Crippen LogP contribution in [0.25, 0.3) is 11.4 Å². The van der Waals surface area contributed by atoms with Crippen LogP contribution >= 0.6 is 0 Å². The molecule has 0 bridgehead atoms. The van der Waals surface area contributed by atoms with E-state index in [4.69, 9.17) is 4.74 Å². The molecule has 1 aromatic heterocycles. The van der Waals surface area contributed by atoms with Crippen molar-refractivity contribution in [3.05, 3.63) is 59.7 Å². The van der Waals surface area contributed by atoms with Crippen LogP contribution in [-0.4, -0.2) is 28.2 Å². The number of nitrogens with zero attached hydrogens (tertiary/aromatic N) is 2. The smallest absolute Gasteiger partial charge is 0.249 e. The van der Waals surface area contributed by atoms with E-state index in [0.717, 1.165) is 24.0 Å². The molecule has 0 spiro atoms. The fraction of sp³-hybridized carbons (Fsp3) is 0.348. The second-order valence-electron chi connectivity index (χ2n) is 8.57. The summed E-state index contributed by atoms with van der Waals surface area (Å²) in [6.07, 6.45) is 1.66. The first-order chi connectivity index (χ1) is 13.8. The van der Waals surface area contributed by atoms with Crippen LogP contribution < -0.4 is 10.1 Å². The van der Waals surface area contributed by atoms with Crippen LogP contribution in [0.4, 0.5) is 5.95 Å². The summed E-state index contributed by atoms with van der Waals surface area (Å²) >= 11 is 0. The molecular weight excluding hydrogens is 364 g/mol. The zero-order valence-electron chi connectivity index (χ0n) is 17.2. The van der Waals surface area contributed by atoms with Gasteiger partial charge in [-0.25, -0.2) is 0 Å².